The maximum atomic E-state index is 8.36. The topological polar surface area (TPSA) is 50.9 Å². The van der Waals surface area contributed by atoms with E-state index in [1.165, 1.54) is 11.8 Å². The molecule has 64 valence electrons. The highest BCUT2D eigenvalue weighted by Crippen LogP contribution is 2.11. The van der Waals surface area contributed by atoms with Gasteiger partial charge in [-0.2, -0.15) is 0 Å². The van der Waals surface area contributed by atoms with E-state index < -0.39 is 0 Å². The number of hydrogen-bond acceptors (Lipinski definition) is 4. The fourth-order valence-corrected chi connectivity index (χ4v) is 1.27. The molecule has 0 saturated heterocycles. The Morgan fingerprint density at radius 2 is 2.50 bits per heavy atom. The second-order valence-corrected chi connectivity index (χ2v) is 2.97. The van der Waals surface area contributed by atoms with E-state index >= 15 is 0 Å². The molecule has 0 saturated carbocycles. The lowest BCUT2D eigenvalue weighted by atomic mass is 10.6. The Kier molecular flexibility index (Phi) is 3.64. The molecule has 0 aromatic carbocycles. The van der Waals surface area contributed by atoms with Crippen LogP contribution in [-0.4, -0.2) is 32.2 Å². The summed E-state index contributed by atoms with van der Waals surface area (Å²) >= 11 is 1.50. The van der Waals surface area contributed by atoms with Crippen molar-refractivity contribution >= 4 is 11.8 Å². The van der Waals surface area contributed by atoms with Crippen LogP contribution in [0.5, 0.6) is 0 Å². The van der Waals surface area contributed by atoms with E-state index in [9.17, 15) is 0 Å². The molecule has 0 radical (unpaired) electrons. The summed E-state index contributed by atoms with van der Waals surface area (Å²) < 4.78 is 1.82. The van der Waals surface area contributed by atoms with Gasteiger partial charge in [0.15, 0.2) is 5.16 Å². The summed E-state index contributed by atoms with van der Waals surface area (Å²) in [6, 6.07) is 0. The zero-order valence-corrected chi connectivity index (χ0v) is 7.51. The van der Waals surface area contributed by atoms with Crippen molar-refractivity contribution in [3.63, 3.8) is 0 Å². The molecular weight excluding hydrogens is 174 g/mol. The molecule has 0 aliphatic heterocycles. The van der Waals surface area contributed by atoms with Gasteiger partial charge in [-0.1, -0.05) is 23.6 Å². The van der Waals surface area contributed by atoms with Gasteiger partial charge in [0.25, 0.3) is 0 Å². The van der Waals surface area contributed by atoms with Crippen LogP contribution >= 0.6 is 11.8 Å². The lowest BCUT2D eigenvalue weighted by Crippen LogP contribution is -1.88. The van der Waals surface area contributed by atoms with Gasteiger partial charge in [-0.15, -0.1) is 10.2 Å². The van der Waals surface area contributed by atoms with Crippen molar-refractivity contribution < 1.29 is 5.11 Å². The van der Waals surface area contributed by atoms with Crippen LogP contribution in [-0.2, 0) is 7.05 Å². The first-order chi connectivity index (χ1) is 5.84. The molecule has 1 aromatic heterocycles. The molecular formula is C7H9N3OS. The summed E-state index contributed by atoms with van der Waals surface area (Å²) in [7, 11) is 1.88. The summed E-state index contributed by atoms with van der Waals surface area (Å²) in [5.41, 5.74) is 0. The van der Waals surface area contributed by atoms with E-state index in [1.807, 2.05) is 11.6 Å². The monoisotopic (exact) mass is 183 g/mol. The van der Waals surface area contributed by atoms with Crippen molar-refractivity contribution in [2.45, 2.75) is 5.16 Å². The van der Waals surface area contributed by atoms with Crippen molar-refractivity contribution in [3.05, 3.63) is 6.33 Å². The minimum absolute atomic E-state index is 0.0840. The van der Waals surface area contributed by atoms with Gasteiger partial charge < -0.3 is 9.67 Å². The van der Waals surface area contributed by atoms with Crippen LogP contribution in [0, 0.1) is 11.8 Å². The smallest absolute Gasteiger partial charge is 0.191 e. The van der Waals surface area contributed by atoms with E-state index in [-0.39, 0.29) is 6.61 Å². The lowest BCUT2D eigenvalue weighted by Gasteiger charge is -1.93. The van der Waals surface area contributed by atoms with Crippen molar-refractivity contribution in [2.24, 2.45) is 7.05 Å². The molecule has 0 atom stereocenters. The summed E-state index contributed by atoms with van der Waals surface area (Å²) in [6.45, 7) is -0.0840. The van der Waals surface area contributed by atoms with E-state index in [0.717, 1.165) is 5.16 Å². The number of rotatable bonds is 2. The first-order valence-corrected chi connectivity index (χ1v) is 4.36. The molecule has 0 spiro atoms. The summed E-state index contributed by atoms with van der Waals surface area (Å²) in [5, 5.41) is 16.8. The number of aliphatic hydroxyl groups is 1. The Morgan fingerprint density at radius 3 is 3.08 bits per heavy atom. The van der Waals surface area contributed by atoms with Crippen LogP contribution in [0.15, 0.2) is 11.5 Å². The quantitative estimate of drug-likeness (QED) is 0.514. The Balaban J connectivity index is 2.38. The average molecular weight is 183 g/mol. The first-order valence-electron chi connectivity index (χ1n) is 3.38. The van der Waals surface area contributed by atoms with Crippen molar-refractivity contribution in [3.8, 4) is 11.8 Å². The van der Waals surface area contributed by atoms with Gasteiger partial charge in [0.2, 0.25) is 0 Å². The maximum Gasteiger partial charge on any atom is 0.191 e. The molecule has 0 aliphatic rings. The van der Waals surface area contributed by atoms with Crippen LogP contribution in [0.3, 0.4) is 0 Å². The third-order valence-electron chi connectivity index (χ3n) is 1.15. The minimum atomic E-state index is -0.0840. The largest absolute Gasteiger partial charge is 0.384 e. The molecule has 1 heterocycles. The van der Waals surface area contributed by atoms with Gasteiger partial charge in [-0.25, -0.2) is 0 Å². The molecule has 0 amide bonds. The van der Waals surface area contributed by atoms with E-state index in [1.54, 1.807) is 6.33 Å². The fraction of sp³-hybridized carbons (Fsp3) is 0.429. The predicted octanol–water partition coefficient (Wildman–Crippen LogP) is -0.0971. The second kappa shape index (κ2) is 4.80. The Labute approximate surface area is 75.0 Å². The SMILES string of the molecule is Cn1cnnc1SCC#CCO. The van der Waals surface area contributed by atoms with Crippen molar-refractivity contribution in [1.29, 1.82) is 0 Å². The van der Waals surface area contributed by atoms with Crippen LogP contribution in [0.4, 0.5) is 0 Å². The molecule has 5 heteroatoms. The summed E-state index contributed by atoms with van der Waals surface area (Å²) in [5.74, 6) is 5.97. The Bertz CT molecular complexity index is 299. The fourth-order valence-electron chi connectivity index (χ4n) is 0.611. The molecule has 0 aliphatic carbocycles. The summed E-state index contributed by atoms with van der Waals surface area (Å²) in [4.78, 5) is 0. The predicted molar refractivity (Wildman–Crippen MR) is 46.6 cm³/mol. The van der Waals surface area contributed by atoms with E-state index in [4.69, 9.17) is 5.11 Å². The number of hydrogen-bond donors (Lipinski definition) is 1. The third kappa shape index (κ3) is 2.57. The zero-order valence-electron chi connectivity index (χ0n) is 6.69. The number of thioether (sulfide) groups is 1. The molecule has 1 rings (SSSR count). The van der Waals surface area contributed by atoms with Crippen LogP contribution in [0.1, 0.15) is 0 Å². The van der Waals surface area contributed by atoms with Gasteiger partial charge in [0.1, 0.15) is 12.9 Å². The van der Waals surface area contributed by atoms with Crippen LogP contribution in [0.2, 0.25) is 0 Å². The van der Waals surface area contributed by atoms with Gasteiger partial charge in [-0.3, -0.25) is 0 Å². The van der Waals surface area contributed by atoms with E-state index in [2.05, 4.69) is 22.0 Å². The Morgan fingerprint density at radius 1 is 1.67 bits per heavy atom. The first kappa shape index (κ1) is 9.10. The molecule has 0 fully saturated rings. The molecule has 0 unspecified atom stereocenters. The number of aromatic nitrogens is 3. The molecule has 12 heavy (non-hydrogen) atoms. The lowest BCUT2D eigenvalue weighted by molar-refractivity contribution is 0.350. The molecule has 1 aromatic rings. The van der Waals surface area contributed by atoms with Gasteiger partial charge >= 0.3 is 0 Å². The van der Waals surface area contributed by atoms with Gasteiger partial charge in [0, 0.05) is 7.05 Å². The van der Waals surface area contributed by atoms with Crippen molar-refractivity contribution in [1.82, 2.24) is 14.8 Å². The summed E-state index contributed by atoms with van der Waals surface area (Å²) in [6.07, 6.45) is 1.64. The van der Waals surface area contributed by atoms with Gasteiger partial charge in [-0.05, 0) is 0 Å². The average Bonchev–Trinajstić information content (AvgIpc) is 2.46. The highest BCUT2D eigenvalue weighted by molar-refractivity contribution is 7.99. The minimum Gasteiger partial charge on any atom is -0.384 e. The number of nitrogens with zero attached hydrogens (tertiary/aromatic N) is 3. The molecule has 4 nitrogen and oxygen atoms in total. The Hall–Kier alpha value is -0.990. The normalized spacial score (nSPS) is 9.17. The number of aliphatic hydroxyl groups excluding tert-OH is 1. The second-order valence-electron chi connectivity index (χ2n) is 2.02. The molecule has 1 N–H and O–H groups in total. The van der Waals surface area contributed by atoms with Crippen LogP contribution in [0.25, 0.3) is 0 Å². The van der Waals surface area contributed by atoms with Crippen molar-refractivity contribution in [2.75, 3.05) is 12.4 Å². The van der Waals surface area contributed by atoms with Gasteiger partial charge in [0.05, 0.1) is 5.75 Å². The standard InChI is InChI=1S/C7H9N3OS/c1-10-6-8-9-7(10)12-5-3-2-4-11/h6,11H,4-5H2,1H3. The highest BCUT2D eigenvalue weighted by Gasteiger charge is 1.97. The molecule has 0 bridgehead atoms. The number of aryl methyl sites for hydroxylation is 1. The van der Waals surface area contributed by atoms with Crippen LogP contribution < -0.4 is 0 Å². The third-order valence-corrected chi connectivity index (χ3v) is 2.06. The zero-order chi connectivity index (χ0) is 8.81. The highest BCUT2D eigenvalue weighted by atomic mass is 32.2. The maximum absolute atomic E-state index is 8.36. The van der Waals surface area contributed by atoms with E-state index in [0.29, 0.717) is 5.75 Å².